The third kappa shape index (κ3) is 1.44. The number of nitrogens with one attached hydrogen (secondary N) is 1. The lowest BCUT2D eigenvalue weighted by molar-refractivity contribution is -0.134. The summed E-state index contributed by atoms with van der Waals surface area (Å²) >= 11 is 5.63. The highest BCUT2D eigenvalue weighted by atomic mass is 32.4. The quantitative estimate of drug-likeness (QED) is 0.554. The zero-order chi connectivity index (χ0) is 13.2. The predicted molar refractivity (Wildman–Crippen MR) is 81.2 cm³/mol. The van der Waals surface area contributed by atoms with Crippen LogP contribution in [0.15, 0.2) is 36.4 Å². The van der Waals surface area contributed by atoms with Crippen molar-refractivity contribution in [3.8, 4) is 11.1 Å². The van der Waals surface area contributed by atoms with E-state index in [2.05, 4.69) is 17.4 Å². The average molecular weight is 287 g/mol. The van der Waals surface area contributed by atoms with Crippen molar-refractivity contribution in [1.29, 1.82) is 0 Å². The van der Waals surface area contributed by atoms with Gasteiger partial charge in [-0.15, -0.1) is 0 Å². The second-order valence-electron chi connectivity index (χ2n) is 4.76. The largest absolute Gasteiger partial charge is 0.480 e. The molecule has 1 unspecified atom stereocenters. The minimum absolute atomic E-state index is 0.0652. The molecule has 2 aromatic rings. The van der Waals surface area contributed by atoms with Gasteiger partial charge in [0.05, 0.1) is 0 Å². The van der Waals surface area contributed by atoms with Crippen LogP contribution in [-0.2, 0) is 16.6 Å². The molecule has 19 heavy (non-hydrogen) atoms. The van der Waals surface area contributed by atoms with Crippen LogP contribution in [0.1, 0.15) is 0 Å². The highest BCUT2D eigenvalue weighted by Crippen LogP contribution is 2.68. The summed E-state index contributed by atoms with van der Waals surface area (Å²) in [7, 11) is 0. The van der Waals surface area contributed by atoms with Gasteiger partial charge in [0.1, 0.15) is 6.54 Å². The Balaban J connectivity index is 1.61. The van der Waals surface area contributed by atoms with Gasteiger partial charge in [-0.2, -0.15) is 0 Å². The molecule has 0 radical (unpaired) electrons. The molecular weight excluding hydrogens is 277 g/mol. The van der Waals surface area contributed by atoms with Gasteiger partial charge in [0.2, 0.25) is 0 Å². The van der Waals surface area contributed by atoms with Gasteiger partial charge in [-0.1, -0.05) is 36.1 Å². The molecule has 3 aliphatic heterocycles. The summed E-state index contributed by atoms with van der Waals surface area (Å²) < 4.78 is 0. The molecule has 1 atom stereocenters. The number of carbonyl (C=O) groups is 1. The number of benzene rings is 2. The Morgan fingerprint density at radius 3 is 2.42 bits per heavy atom. The highest BCUT2D eigenvalue weighted by molar-refractivity contribution is 8.38. The fraction of sp³-hybridized carbons (Fsp3) is 0.0714. The molecular formula is C14H10NO2PS. The van der Waals surface area contributed by atoms with Crippen molar-refractivity contribution in [3.05, 3.63) is 36.4 Å². The van der Waals surface area contributed by atoms with Crippen LogP contribution in [0.25, 0.3) is 11.1 Å². The van der Waals surface area contributed by atoms with Crippen molar-refractivity contribution in [2.24, 2.45) is 0 Å². The molecule has 3 aliphatic rings. The van der Waals surface area contributed by atoms with Crippen LogP contribution in [0, 0.1) is 0 Å². The molecule has 0 spiro atoms. The van der Waals surface area contributed by atoms with Crippen molar-refractivity contribution >= 4 is 45.4 Å². The first-order valence-electron chi connectivity index (χ1n) is 5.97. The summed E-state index contributed by atoms with van der Waals surface area (Å²) in [6.07, 6.45) is 0. The van der Waals surface area contributed by atoms with E-state index in [1.165, 1.54) is 21.5 Å². The highest BCUT2D eigenvalue weighted by Gasteiger charge is 2.61. The van der Waals surface area contributed by atoms with Crippen LogP contribution < -0.4 is 21.2 Å². The summed E-state index contributed by atoms with van der Waals surface area (Å²) in [6.45, 7) is -0.0652. The Morgan fingerprint density at radius 2 is 1.84 bits per heavy atom. The first kappa shape index (κ1) is 11.2. The Bertz CT molecular complexity index is 783. The lowest BCUT2D eigenvalue weighted by Gasteiger charge is -2.08. The number of fused-ring (bicyclic) bond motifs is 2. The third-order valence-electron chi connectivity index (χ3n) is 3.64. The van der Waals surface area contributed by atoms with Crippen LogP contribution in [0.2, 0.25) is 0 Å². The Hall–Kier alpha value is -1.64. The van der Waals surface area contributed by atoms with E-state index in [9.17, 15) is 4.79 Å². The molecule has 3 nitrogen and oxygen atoms in total. The van der Waals surface area contributed by atoms with Gasteiger partial charge in [0.15, 0.2) is 0 Å². The maximum Gasteiger partial charge on any atom is 0.322 e. The summed E-state index contributed by atoms with van der Waals surface area (Å²) in [4.78, 5) is 10.5. The Kier molecular flexibility index (Phi) is 2.05. The molecule has 2 N–H and O–H groups in total. The molecule has 3 heterocycles. The number of hydrogen-bond acceptors (Lipinski definition) is 3. The predicted octanol–water partition coefficient (Wildman–Crippen LogP) is 1.23. The van der Waals surface area contributed by atoms with Gasteiger partial charge < -0.3 is 10.4 Å². The van der Waals surface area contributed by atoms with Crippen LogP contribution in [0.3, 0.4) is 0 Å². The van der Waals surface area contributed by atoms with Crippen molar-refractivity contribution in [2.75, 3.05) is 11.9 Å². The van der Waals surface area contributed by atoms with Gasteiger partial charge >= 0.3 is 5.97 Å². The van der Waals surface area contributed by atoms with E-state index in [0.717, 1.165) is 11.3 Å². The van der Waals surface area contributed by atoms with Crippen LogP contribution in [0.4, 0.5) is 5.69 Å². The zero-order valence-electron chi connectivity index (χ0n) is 9.88. The first-order valence-corrected chi connectivity index (χ1v) is 8.77. The second kappa shape index (κ2) is 3.47. The smallest absolute Gasteiger partial charge is 0.322 e. The maximum atomic E-state index is 10.5. The normalized spacial score (nSPS) is 20.6. The molecule has 0 saturated heterocycles. The standard InChI is InChI=1S/C14H10NO2PS/c16-12(17)7-15-9-3-1-8(2-4-9)10-5-6-11-14-13(10)18(11,14)19/h1-6,15H,7H2,(H,16,17). The molecule has 2 aromatic carbocycles. The number of anilines is 1. The van der Waals surface area contributed by atoms with E-state index in [4.69, 9.17) is 16.9 Å². The van der Waals surface area contributed by atoms with Crippen molar-refractivity contribution in [1.82, 2.24) is 0 Å². The first-order chi connectivity index (χ1) is 9.12. The molecule has 2 bridgehead atoms. The van der Waals surface area contributed by atoms with Gasteiger partial charge in [-0.25, -0.2) is 0 Å². The average Bonchev–Trinajstić information content (AvgIpc) is 3.25. The number of aliphatic carboxylic acids is 1. The summed E-state index contributed by atoms with van der Waals surface area (Å²) in [5, 5.41) is 15.8. The van der Waals surface area contributed by atoms with Crippen molar-refractivity contribution < 1.29 is 9.90 Å². The minimum atomic E-state index is -1.23. The number of rotatable bonds is 4. The number of hydrogen-bond donors (Lipinski definition) is 2. The van der Waals surface area contributed by atoms with Crippen LogP contribution in [-0.4, -0.2) is 17.6 Å². The van der Waals surface area contributed by atoms with Crippen LogP contribution in [0.5, 0.6) is 0 Å². The van der Waals surface area contributed by atoms with E-state index < -0.39 is 12.0 Å². The Morgan fingerprint density at radius 1 is 1.16 bits per heavy atom. The molecule has 94 valence electrons. The number of carboxylic acid groups (broad SMARTS) is 1. The van der Waals surface area contributed by atoms with Crippen LogP contribution >= 0.6 is 6.04 Å². The van der Waals surface area contributed by atoms with Gasteiger partial charge in [-0.3, -0.25) is 4.79 Å². The second-order valence-corrected chi connectivity index (χ2v) is 9.00. The minimum Gasteiger partial charge on any atom is -0.480 e. The Labute approximate surface area is 115 Å². The van der Waals surface area contributed by atoms with E-state index >= 15 is 0 Å². The topological polar surface area (TPSA) is 49.3 Å². The summed E-state index contributed by atoms with van der Waals surface area (Å²) in [5.74, 6) is -0.861. The summed E-state index contributed by atoms with van der Waals surface area (Å²) in [5.41, 5.74) is 3.24. The maximum absolute atomic E-state index is 10.5. The van der Waals surface area contributed by atoms with E-state index in [0.29, 0.717) is 0 Å². The van der Waals surface area contributed by atoms with Gasteiger partial charge in [0.25, 0.3) is 0 Å². The SMILES string of the molecule is O=C(O)CNc1ccc(-c2ccc3c4c2P34=S)cc1. The molecule has 5 rings (SSSR count). The van der Waals surface area contributed by atoms with E-state index in [-0.39, 0.29) is 6.54 Å². The molecule has 0 fully saturated rings. The summed E-state index contributed by atoms with van der Waals surface area (Å²) in [6, 6.07) is 10.9. The molecule has 0 aromatic heterocycles. The lowest BCUT2D eigenvalue weighted by Crippen LogP contribution is -2.12. The molecule has 0 aliphatic carbocycles. The fourth-order valence-electron chi connectivity index (χ4n) is 2.57. The zero-order valence-corrected chi connectivity index (χ0v) is 11.6. The monoisotopic (exact) mass is 287 g/mol. The van der Waals surface area contributed by atoms with E-state index in [1.54, 1.807) is 0 Å². The van der Waals surface area contributed by atoms with E-state index in [1.807, 2.05) is 24.3 Å². The third-order valence-corrected chi connectivity index (χ3v) is 8.12. The lowest BCUT2D eigenvalue weighted by atomic mass is 10.1. The van der Waals surface area contributed by atoms with Gasteiger partial charge in [-0.05, 0) is 23.3 Å². The van der Waals surface area contributed by atoms with Gasteiger partial charge in [0, 0.05) is 27.6 Å². The van der Waals surface area contributed by atoms with Crippen molar-refractivity contribution in [2.45, 2.75) is 0 Å². The molecule has 5 heteroatoms. The molecule has 0 saturated carbocycles. The molecule has 0 amide bonds. The van der Waals surface area contributed by atoms with Crippen molar-refractivity contribution in [3.63, 3.8) is 0 Å². The number of carboxylic acids is 1. The fourth-order valence-corrected chi connectivity index (χ4v) is 7.18.